The van der Waals surface area contributed by atoms with E-state index in [-0.39, 0.29) is 18.1 Å². The van der Waals surface area contributed by atoms with Gasteiger partial charge in [0.15, 0.2) is 6.10 Å². The molecule has 0 spiro atoms. The zero-order valence-electron chi connectivity index (χ0n) is 15.6. The molecule has 1 atom stereocenters. The first-order valence-corrected chi connectivity index (χ1v) is 9.19. The van der Waals surface area contributed by atoms with Crippen LogP contribution in [0, 0.1) is 0 Å². The smallest absolute Gasteiger partial charge is 0.278 e. The van der Waals surface area contributed by atoms with Crippen molar-refractivity contribution in [1.29, 1.82) is 0 Å². The molecule has 1 aliphatic carbocycles. The normalized spacial score (nSPS) is 20.4. The van der Waals surface area contributed by atoms with E-state index in [1.54, 1.807) is 26.4 Å². The molecule has 144 valence electrons. The fourth-order valence-corrected chi connectivity index (χ4v) is 3.09. The molecule has 1 aromatic heterocycles. The van der Waals surface area contributed by atoms with Gasteiger partial charge in [-0.25, -0.2) is 9.97 Å². The lowest BCUT2D eigenvalue weighted by molar-refractivity contribution is -0.128. The van der Waals surface area contributed by atoms with E-state index in [2.05, 4.69) is 15.3 Å². The molecule has 1 aromatic carbocycles. The summed E-state index contributed by atoms with van der Waals surface area (Å²) in [5.41, 5.74) is 0. The molecule has 1 unspecified atom stereocenters. The number of aromatic nitrogens is 2. The van der Waals surface area contributed by atoms with Crippen molar-refractivity contribution >= 4 is 5.91 Å². The van der Waals surface area contributed by atoms with Gasteiger partial charge < -0.3 is 19.5 Å². The van der Waals surface area contributed by atoms with E-state index in [9.17, 15) is 4.79 Å². The molecule has 7 heteroatoms. The van der Waals surface area contributed by atoms with Crippen molar-refractivity contribution in [2.24, 2.45) is 0 Å². The lowest BCUT2D eigenvalue weighted by Gasteiger charge is -2.30. The van der Waals surface area contributed by atoms with Crippen molar-refractivity contribution < 1.29 is 19.0 Å². The van der Waals surface area contributed by atoms with Crippen LogP contribution in [0.3, 0.4) is 0 Å². The number of rotatable bonds is 7. The summed E-state index contributed by atoms with van der Waals surface area (Å²) in [7, 11) is 1.54. The number of amides is 1. The number of para-hydroxylation sites is 1. The zero-order valence-corrected chi connectivity index (χ0v) is 15.6. The molecule has 1 fully saturated rings. The van der Waals surface area contributed by atoms with Gasteiger partial charge in [-0.05, 0) is 44.7 Å². The predicted molar refractivity (Wildman–Crippen MR) is 99.9 cm³/mol. The van der Waals surface area contributed by atoms with Crippen LogP contribution >= 0.6 is 0 Å². The maximum absolute atomic E-state index is 12.4. The van der Waals surface area contributed by atoms with E-state index >= 15 is 0 Å². The molecule has 0 bridgehead atoms. The highest BCUT2D eigenvalue weighted by Gasteiger charge is 2.26. The van der Waals surface area contributed by atoms with E-state index < -0.39 is 6.10 Å². The van der Waals surface area contributed by atoms with Crippen LogP contribution in [0.4, 0.5) is 0 Å². The van der Waals surface area contributed by atoms with Crippen LogP contribution in [0.5, 0.6) is 17.5 Å². The van der Waals surface area contributed by atoms with Gasteiger partial charge in [-0.1, -0.05) is 18.2 Å². The van der Waals surface area contributed by atoms with Gasteiger partial charge >= 0.3 is 0 Å². The molecule has 0 radical (unpaired) electrons. The Kier molecular flexibility index (Phi) is 6.46. The van der Waals surface area contributed by atoms with Gasteiger partial charge in [-0.3, -0.25) is 4.79 Å². The Bertz CT molecular complexity index is 733. The summed E-state index contributed by atoms with van der Waals surface area (Å²) in [6, 6.07) is 9.48. The molecule has 1 N–H and O–H groups in total. The number of carbonyl (C=O) groups is 1. The summed E-state index contributed by atoms with van der Waals surface area (Å²) in [4.78, 5) is 20.6. The van der Waals surface area contributed by atoms with E-state index in [0.717, 1.165) is 25.7 Å². The third kappa shape index (κ3) is 5.32. The van der Waals surface area contributed by atoms with Gasteiger partial charge in [0.2, 0.25) is 0 Å². The second kappa shape index (κ2) is 9.21. The third-order valence-electron chi connectivity index (χ3n) is 4.55. The molecule has 3 rings (SSSR count). The predicted octanol–water partition coefficient (Wildman–Crippen LogP) is 2.76. The third-order valence-corrected chi connectivity index (χ3v) is 4.55. The summed E-state index contributed by atoms with van der Waals surface area (Å²) in [5, 5.41) is 3.07. The van der Waals surface area contributed by atoms with Gasteiger partial charge in [0.1, 0.15) is 11.9 Å². The SMILES string of the molecule is COc1nccnc1OC1CCC(NC(=O)C(C)Oc2ccccc2)CC1. The van der Waals surface area contributed by atoms with E-state index in [1.807, 2.05) is 30.3 Å². The van der Waals surface area contributed by atoms with Crippen LogP contribution in [0.2, 0.25) is 0 Å². The van der Waals surface area contributed by atoms with Crippen LogP contribution in [0.1, 0.15) is 32.6 Å². The highest BCUT2D eigenvalue weighted by atomic mass is 16.5. The standard InChI is InChI=1S/C20H25N3O4/c1-14(26-16-6-4-3-5-7-16)18(24)23-15-8-10-17(11-9-15)27-20-19(25-2)21-12-13-22-20/h3-7,12-15,17H,8-11H2,1-2H3,(H,23,24). The fraction of sp³-hybridized carbons (Fsp3) is 0.450. The number of nitrogens with one attached hydrogen (secondary N) is 1. The number of nitrogens with zero attached hydrogens (tertiary/aromatic N) is 2. The van der Waals surface area contributed by atoms with Gasteiger partial charge in [0.25, 0.3) is 17.7 Å². The summed E-state index contributed by atoms with van der Waals surface area (Å²) in [5.74, 6) is 1.39. The minimum Gasteiger partial charge on any atom is -0.481 e. The maximum atomic E-state index is 12.4. The Labute approximate surface area is 159 Å². The van der Waals surface area contributed by atoms with Gasteiger partial charge in [-0.2, -0.15) is 0 Å². The van der Waals surface area contributed by atoms with Crippen LogP contribution < -0.4 is 19.5 Å². The van der Waals surface area contributed by atoms with Crippen molar-refractivity contribution in [3.63, 3.8) is 0 Å². The molecule has 2 aromatic rings. The molecular formula is C20H25N3O4. The number of ether oxygens (including phenoxy) is 3. The quantitative estimate of drug-likeness (QED) is 0.806. The maximum Gasteiger partial charge on any atom is 0.278 e. The van der Waals surface area contributed by atoms with Crippen molar-refractivity contribution in [2.75, 3.05) is 7.11 Å². The van der Waals surface area contributed by atoms with Crippen molar-refractivity contribution in [2.45, 2.75) is 50.9 Å². The zero-order chi connectivity index (χ0) is 19.1. The average Bonchev–Trinajstić information content (AvgIpc) is 2.70. The summed E-state index contributed by atoms with van der Waals surface area (Å²) < 4.78 is 16.8. The molecular weight excluding hydrogens is 346 g/mol. The van der Waals surface area contributed by atoms with Crippen LogP contribution in [0.25, 0.3) is 0 Å². The molecule has 1 amide bonds. The van der Waals surface area contributed by atoms with Gasteiger partial charge in [-0.15, -0.1) is 0 Å². The molecule has 1 heterocycles. The second-order valence-corrected chi connectivity index (χ2v) is 6.54. The van der Waals surface area contributed by atoms with Crippen LogP contribution in [-0.2, 0) is 4.79 Å². The van der Waals surface area contributed by atoms with E-state index in [0.29, 0.717) is 17.5 Å². The van der Waals surface area contributed by atoms with Crippen molar-refractivity contribution in [1.82, 2.24) is 15.3 Å². The second-order valence-electron chi connectivity index (χ2n) is 6.54. The highest BCUT2D eigenvalue weighted by molar-refractivity contribution is 5.81. The van der Waals surface area contributed by atoms with Crippen LogP contribution in [-0.4, -0.2) is 41.2 Å². The Morgan fingerprint density at radius 2 is 1.74 bits per heavy atom. The lowest BCUT2D eigenvalue weighted by Crippen LogP contribution is -2.45. The minimum atomic E-state index is -0.537. The molecule has 1 saturated carbocycles. The molecule has 1 aliphatic rings. The topological polar surface area (TPSA) is 82.6 Å². The highest BCUT2D eigenvalue weighted by Crippen LogP contribution is 2.27. The van der Waals surface area contributed by atoms with Crippen molar-refractivity contribution in [3.8, 4) is 17.5 Å². The largest absolute Gasteiger partial charge is 0.481 e. The number of hydrogen-bond acceptors (Lipinski definition) is 6. The lowest BCUT2D eigenvalue weighted by atomic mass is 9.93. The average molecular weight is 371 g/mol. The van der Waals surface area contributed by atoms with Gasteiger partial charge in [0.05, 0.1) is 7.11 Å². The molecule has 27 heavy (non-hydrogen) atoms. The first kappa shape index (κ1) is 18.9. The molecule has 7 nitrogen and oxygen atoms in total. The number of benzene rings is 1. The Hall–Kier alpha value is -2.83. The Morgan fingerprint density at radius 3 is 2.41 bits per heavy atom. The van der Waals surface area contributed by atoms with Crippen LogP contribution in [0.15, 0.2) is 42.7 Å². The number of carbonyl (C=O) groups excluding carboxylic acids is 1. The summed E-state index contributed by atoms with van der Waals surface area (Å²) in [6.07, 6.45) is 6.01. The van der Waals surface area contributed by atoms with E-state index in [1.165, 1.54) is 0 Å². The Morgan fingerprint density at radius 1 is 1.07 bits per heavy atom. The minimum absolute atomic E-state index is 0.0433. The Balaban J connectivity index is 1.44. The first-order valence-electron chi connectivity index (χ1n) is 9.19. The van der Waals surface area contributed by atoms with Gasteiger partial charge in [0, 0.05) is 18.4 Å². The summed E-state index contributed by atoms with van der Waals surface area (Å²) >= 11 is 0. The molecule has 0 saturated heterocycles. The first-order chi connectivity index (χ1) is 13.2. The van der Waals surface area contributed by atoms with E-state index in [4.69, 9.17) is 14.2 Å². The van der Waals surface area contributed by atoms with Crippen molar-refractivity contribution in [3.05, 3.63) is 42.7 Å². The number of methoxy groups -OCH3 is 1. The summed E-state index contributed by atoms with van der Waals surface area (Å²) in [6.45, 7) is 1.76. The number of hydrogen-bond donors (Lipinski definition) is 1. The monoisotopic (exact) mass is 371 g/mol. The fourth-order valence-electron chi connectivity index (χ4n) is 3.09. The molecule has 0 aliphatic heterocycles.